The van der Waals surface area contributed by atoms with E-state index in [2.05, 4.69) is 15.5 Å². The fourth-order valence-electron chi connectivity index (χ4n) is 5.88. The minimum atomic E-state index is -0.409. The van der Waals surface area contributed by atoms with E-state index in [0.717, 1.165) is 64.0 Å². The number of anilines is 2. The largest absolute Gasteiger partial charge is 0.368 e. The molecule has 3 fully saturated rings. The lowest BCUT2D eigenvalue weighted by atomic mass is 9.88. The number of piperazine rings is 1. The van der Waals surface area contributed by atoms with Gasteiger partial charge in [-0.05, 0) is 61.7 Å². The Hall–Kier alpha value is -3.46. The van der Waals surface area contributed by atoms with Gasteiger partial charge in [0, 0.05) is 69.4 Å². The Morgan fingerprint density at radius 3 is 2.23 bits per heavy atom. The summed E-state index contributed by atoms with van der Waals surface area (Å²) in [5, 5.41) is 6.24. The van der Waals surface area contributed by atoms with Gasteiger partial charge in [-0.3, -0.25) is 14.4 Å². The number of carbonyl (C=O) groups excluding carboxylic acids is 3. The van der Waals surface area contributed by atoms with Gasteiger partial charge in [0.25, 0.3) is 11.8 Å². The Kier molecular flexibility index (Phi) is 8.76. The number of amides is 3. The zero-order chi connectivity index (χ0) is 27.2. The van der Waals surface area contributed by atoms with Crippen LogP contribution in [0.25, 0.3) is 0 Å². The highest BCUT2D eigenvalue weighted by molar-refractivity contribution is 6.07. The minimum absolute atomic E-state index is 0.0690. The van der Waals surface area contributed by atoms with Gasteiger partial charge in [-0.2, -0.15) is 0 Å². The van der Waals surface area contributed by atoms with Crippen LogP contribution in [-0.4, -0.2) is 79.9 Å². The maximum atomic E-state index is 13.4. The molecular formula is C30H38FN5O3. The van der Waals surface area contributed by atoms with E-state index in [1.54, 1.807) is 6.07 Å². The molecule has 2 aromatic rings. The number of benzene rings is 2. The summed E-state index contributed by atoms with van der Waals surface area (Å²) in [7, 11) is 0. The molecule has 0 radical (unpaired) electrons. The summed E-state index contributed by atoms with van der Waals surface area (Å²) in [5.74, 6) is -0.426. The van der Waals surface area contributed by atoms with Crippen molar-refractivity contribution < 1.29 is 18.8 Å². The van der Waals surface area contributed by atoms with E-state index < -0.39 is 5.82 Å². The Morgan fingerprint density at radius 1 is 0.769 bits per heavy atom. The van der Waals surface area contributed by atoms with Crippen LogP contribution in [-0.2, 0) is 4.79 Å². The van der Waals surface area contributed by atoms with Crippen LogP contribution in [0.4, 0.5) is 15.8 Å². The van der Waals surface area contributed by atoms with Crippen molar-refractivity contribution in [2.45, 2.75) is 38.5 Å². The summed E-state index contributed by atoms with van der Waals surface area (Å²) in [4.78, 5) is 45.6. The molecule has 3 amide bonds. The van der Waals surface area contributed by atoms with Crippen molar-refractivity contribution in [2.75, 3.05) is 62.6 Å². The molecule has 5 rings (SSSR count). The minimum Gasteiger partial charge on any atom is -0.368 e. The molecule has 0 bridgehead atoms. The van der Waals surface area contributed by atoms with E-state index in [9.17, 15) is 18.8 Å². The zero-order valence-corrected chi connectivity index (χ0v) is 22.5. The zero-order valence-electron chi connectivity index (χ0n) is 22.5. The smallest absolute Gasteiger partial charge is 0.255 e. The fraction of sp³-hybridized carbons (Fsp3) is 0.500. The van der Waals surface area contributed by atoms with Crippen LogP contribution in [0.1, 0.15) is 59.2 Å². The molecule has 208 valence electrons. The van der Waals surface area contributed by atoms with Gasteiger partial charge in [0.2, 0.25) is 5.91 Å². The van der Waals surface area contributed by atoms with Crippen LogP contribution in [0.5, 0.6) is 0 Å². The van der Waals surface area contributed by atoms with E-state index in [4.69, 9.17) is 0 Å². The summed E-state index contributed by atoms with van der Waals surface area (Å²) in [6, 6.07) is 10.9. The lowest BCUT2D eigenvalue weighted by Gasteiger charge is -2.30. The van der Waals surface area contributed by atoms with Gasteiger partial charge in [0.05, 0.1) is 11.4 Å². The monoisotopic (exact) mass is 535 g/mol. The van der Waals surface area contributed by atoms with Gasteiger partial charge in [0.1, 0.15) is 5.82 Å². The van der Waals surface area contributed by atoms with Crippen molar-refractivity contribution >= 4 is 29.1 Å². The van der Waals surface area contributed by atoms with E-state index in [1.807, 2.05) is 21.9 Å². The second kappa shape index (κ2) is 12.6. The molecule has 2 heterocycles. The van der Waals surface area contributed by atoms with Crippen LogP contribution < -0.4 is 15.5 Å². The van der Waals surface area contributed by atoms with E-state index in [1.165, 1.54) is 30.7 Å². The van der Waals surface area contributed by atoms with Crippen molar-refractivity contribution in [3.63, 3.8) is 0 Å². The highest BCUT2D eigenvalue weighted by Gasteiger charge is 2.28. The summed E-state index contributed by atoms with van der Waals surface area (Å²) >= 11 is 0. The van der Waals surface area contributed by atoms with Gasteiger partial charge >= 0.3 is 0 Å². The van der Waals surface area contributed by atoms with Crippen LogP contribution in [0.15, 0.2) is 42.5 Å². The van der Waals surface area contributed by atoms with Crippen LogP contribution in [0, 0.1) is 11.7 Å². The third-order valence-electron chi connectivity index (χ3n) is 8.10. The average molecular weight is 536 g/mol. The molecule has 1 aliphatic carbocycles. The van der Waals surface area contributed by atoms with Crippen LogP contribution in [0.2, 0.25) is 0 Å². The molecule has 39 heavy (non-hydrogen) atoms. The molecule has 2 N–H and O–H groups in total. The van der Waals surface area contributed by atoms with E-state index in [0.29, 0.717) is 43.0 Å². The number of hydrogen-bond acceptors (Lipinski definition) is 5. The quantitative estimate of drug-likeness (QED) is 0.610. The van der Waals surface area contributed by atoms with Crippen molar-refractivity contribution in [3.8, 4) is 0 Å². The summed E-state index contributed by atoms with van der Waals surface area (Å²) in [6.45, 7) is 5.50. The predicted molar refractivity (Wildman–Crippen MR) is 150 cm³/mol. The van der Waals surface area contributed by atoms with Crippen molar-refractivity contribution in [2.24, 2.45) is 5.92 Å². The molecule has 0 atom stereocenters. The molecule has 0 spiro atoms. The average Bonchev–Trinajstić information content (AvgIpc) is 3.24. The first-order chi connectivity index (χ1) is 19.0. The molecule has 8 nitrogen and oxygen atoms in total. The Morgan fingerprint density at radius 2 is 1.49 bits per heavy atom. The summed E-state index contributed by atoms with van der Waals surface area (Å²) in [6.07, 6.45) is 6.28. The second-order valence-corrected chi connectivity index (χ2v) is 10.7. The SMILES string of the molecule is O=C(Nc1cc(C(=O)N2CCNCC2)ccc1N1CCCN(C(=O)C2CCCCC2)CC1)c1ccc(F)cc1. The number of rotatable bonds is 5. The number of halogens is 1. The number of hydrogen-bond donors (Lipinski definition) is 2. The molecular weight excluding hydrogens is 497 g/mol. The summed E-state index contributed by atoms with van der Waals surface area (Å²) < 4.78 is 13.4. The number of nitrogens with one attached hydrogen (secondary N) is 2. The van der Waals surface area contributed by atoms with Gasteiger partial charge in [-0.1, -0.05) is 19.3 Å². The highest BCUT2D eigenvalue weighted by atomic mass is 19.1. The molecule has 1 saturated carbocycles. The molecule has 0 unspecified atom stereocenters. The first kappa shape index (κ1) is 27.1. The Labute approximate surface area is 229 Å². The van der Waals surface area contributed by atoms with E-state index in [-0.39, 0.29) is 23.6 Å². The molecule has 2 saturated heterocycles. The molecule has 2 aromatic carbocycles. The Balaban J connectivity index is 1.36. The molecule has 9 heteroatoms. The maximum Gasteiger partial charge on any atom is 0.255 e. The standard InChI is InChI=1S/C30H38FN5O3/c31-25-10-7-22(8-11-25)28(37)33-26-21-24(30(39)36-17-13-32-14-18-36)9-12-27(26)34-15-4-16-35(20-19-34)29(38)23-5-2-1-3-6-23/h7-12,21,23,32H,1-6,13-20H2,(H,33,37). The van der Waals surface area contributed by atoms with Gasteiger partial charge < -0.3 is 25.3 Å². The third kappa shape index (κ3) is 6.58. The normalized spacial score (nSPS) is 18.9. The lowest BCUT2D eigenvalue weighted by Crippen LogP contribution is -2.46. The predicted octanol–water partition coefficient (Wildman–Crippen LogP) is 3.74. The van der Waals surface area contributed by atoms with Crippen molar-refractivity contribution in [3.05, 3.63) is 59.4 Å². The summed E-state index contributed by atoms with van der Waals surface area (Å²) in [5.41, 5.74) is 2.20. The Bertz CT molecular complexity index is 1180. The number of nitrogens with zero attached hydrogens (tertiary/aromatic N) is 3. The lowest BCUT2D eigenvalue weighted by molar-refractivity contribution is -0.136. The van der Waals surface area contributed by atoms with Crippen LogP contribution >= 0.6 is 0 Å². The fourth-order valence-corrected chi connectivity index (χ4v) is 5.88. The third-order valence-corrected chi connectivity index (χ3v) is 8.10. The van der Waals surface area contributed by atoms with Gasteiger partial charge in [-0.15, -0.1) is 0 Å². The number of carbonyl (C=O) groups is 3. The first-order valence-electron chi connectivity index (χ1n) is 14.2. The maximum absolute atomic E-state index is 13.4. The second-order valence-electron chi connectivity index (χ2n) is 10.7. The van der Waals surface area contributed by atoms with Crippen LogP contribution in [0.3, 0.4) is 0 Å². The van der Waals surface area contributed by atoms with Crippen molar-refractivity contribution in [1.29, 1.82) is 0 Å². The van der Waals surface area contributed by atoms with Gasteiger partial charge in [0.15, 0.2) is 0 Å². The first-order valence-corrected chi connectivity index (χ1v) is 14.2. The van der Waals surface area contributed by atoms with Gasteiger partial charge in [-0.25, -0.2) is 4.39 Å². The van der Waals surface area contributed by atoms with E-state index >= 15 is 0 Å². The highest BCUT2D eigenvalue weighted by Crippen LogP contribution is 2.31. The molecule has 2 aliphatic heterocycles. The topological polar surface area (TPSA) is 85.0 Å². The molecule has 0 aromatic heterocycles. The molecule has 3 aliphatic rings. The van der Waals surface area contributed by atoms with Crippen molar-refractivity contribution in [1.82, 2.24) is 15.1 Å².